The van der Waals surface area contributed by atoms with Crippen molar-refractivity contribution in [3.63, 3.8) is 0 Å². The van der Waals surface area contributed by atoms with Gasteiger partial charge in [-0.2, -0.15) is 0 Å². The third kappa shape index (κ3) is 1.89. The summed E-state index contributed by atoms with van der Waals surface area (Å²) in [5.41, 5.74) is 0.638. The quantitative estimate of drug-likeness (QED) is 0.553. The fourth-order valence-electron chi connectivity index (χ4n) is 0.882. The first-order chi connectivity index (χ1) is 6.06. The molecule has 1 heterocycles. The fraction of sp³-hybridized carbons (Fsp3) is 0.250. The molecule has 0 unspecified atom stereocenters. The molecule has 0 radical (unpaired) electrons. The number of nitrogens with zero attached hydrogens (tertiary/aromatic N) is 1. The van der Waals surface area contributed by atoms with Crippen LogP contribution in [0.2, 0.25) is 5.15 Å². The second kappa shape index (κ2) is 3.62. The Bertz CT molecular complexity index is 351. The van der Waals surface area contributed by atoms with Gasteiger partial charge in [0.2, 0.25) is 0 Å². The van der Waals surface area contributed by atoms with Gasteiger partial charge in [-0.25, -0.2) is 9.78 Å². The van der Waals surface area contributed by atoms with Crippen molar-refractivity contribution in [1.82, 2.24) is 4.98 Å². The van der Waals surface area contributed by atoms with Crippen LogP contribution in [0.1, 0.15) is 16.1 Å². The van der Waals surface area contributed by atoms with E-state index in [1.54, 1.807) is 6.92 Å². The smallest absolute Gasteiger partial charge is 0.339 e. The molecule has 70 valence electrons. The second-order valence-electron chi connectivity index (χ2n) is 2.42. The van der Waals surface area contributed by atoms with Crippen LogP contribution in [0.4, 0.5) is 0 Å². The highest BCUT2D eigenvalue weighted by Gasteiger charge is 2.13. The summed E-state index contributed by atoms with van der Waals surface area (Å²) in [7, 11) is 1.26. The van der Waals surface area contributed by atoms with Gasteiger partial charge in [0.1, 0.15) is 0 Å². The zero-order chi connectivity index (χ0) is 10.0. The average molecular weight is 202 g/mol. The molecular weight excluding hydrogens is 194 g/mol. The van der Waals surface area contributed by atoms with Crippen LogP contribution >= 0.6 is 11.6 Å². The summed E-state index contributed by atoms with van der Waals surface area (Å²) in [6.45, 7) is 1.61. The number of hydrogen-bond donors (Lipinski definition) is 1. The maximum atomic E-state index is 11.1. The van der Waals surface area contributed by atoms with Crippen LogP contribution in [0, 0.1) is 6.92 Å². The van der Waals surface area contributed by atoms with Crippen molar-refractivity contribution in [2.24, 2.45) is 0 Å². The van der Waals surface area contributed by atoms with Crippen molar-refractivity contribution in [3.8, 4) is 5.75 Å². The second-order valence-corrected chi connectivity index (χ2v) is 2.78. The summed E-state index contributed by atoms with van der Waals surface area (Å²) in [5, 5.41) is 9.14. The SMILES string of the molecule is COC(=O)c1cc(O)c(Cl)nc1C. The van der Waals surface area contributed by atoms with Crippen molar-refractivity contribution in [2.45, 2.75) is 6.92 Å². The summed E-state index contributed by atoms with van der Waals surface area (Å²) < 4.78 is 4.48. The van der Waals surface area contributed by atoms with Crippen LogP contribution in [0.5, 0.6) is 5.75 Å². The Morgan fingerprint density at radius 2 is 2.31 bits per heavy atom. The minimum Gasteiger partial charge on any atom is -0.505 e. The van der Waals surface area contributed by atoms with Gasteiger partial charge in [0.15, 0.2) is 10.9 Å². The van der Waals surface area contributed by atoms with Crippen LogP contribution in [0.15, 0.2) is 6.07 Å². The number of rotatable bonds is 1. The maximum absolute atomic E-state index is 11.1. The van der Waals surface area contributed by atoms with E-state index in [0.29, 0.717) is 5.69 Å². The van der Waals surface area contributed by atoms with Crippen LogP contribution in [-0.2, 0) is 4.74 Å². The Kier molecular flexibility index (Phi) is 2.72. The van der Waals surface area contributed by atoms with Gasteiger partial charge in [0, 0.05) is 0 Å². The van der Waals surface area contributed by atoms with Crippen molar-refractivity contribution >= 4 is 17.6 Å². The highest BCUT2D eigenvalue weighted by Crippen LogP contribution is 2.23. The summed E-state index contributed by atoms with van der Waals surface area (Å²) in [5.74, 6) is -0.773. The molecular formula is C8H8ClNO3. The van der Waals surface area contributed by atoms with Gasteiger partial charge < -0.3 is 9.84 Å². The fourth-order valence-corrected chi connectivity index (χ4v) is 1.06. The Morgan fingerprint density at radius 3 is 2.85 bits per heavy atom. The molecule has 1 aromatic heterocycles. The van der Waals surface area contributed by atoms with E-state index in [-0.39, 0.29) is 16.5 Å². The first-order valence-corrected chi connectivity index (χ1v) is 3.88. The van der Waals surface area contributed by atoms with Crippen molar-refractivity contribution in [3.05, 3.63) is 22.5 Å². The first-order valence-electron chi connectivity index (χ1n) is 3.50. The average Bonchev–Trinajstić information content (AvgIpc) is 2.10. The molecule has 0 spiro atoms. The van der Waals surface area contributed by atoms with Gasteiger partial charge in [0.05, 0.1) is 18.4 Å². The third-order valence-electron chi connectivity index (χ3n) is 1.55. The molecule has 5 heteroatoms. The topological polar surface area (TPSA) is 59.4 Å². The van der Waals surface area contributed by atoms with Gasteiger partial charge in [-0.15, -0.1) is 0 Å². The van der Waals surface area contributed by atoms with Crippen molar-refractivity contribution in [2.75, 3.05) is 7.11 Å². The number of carbonyl (C=O) groups excluding carboxylic acids is 1. The lowest BCUT2D eigenvalue weighted by Gasteiger charge is -2.04. The molecule has 0 fully saturated rings. The van der Waals surface area contributed by atoms with Gasteiger partial charge in [0.25, 0.3) is 0 Å². The van der Waals surface area contributed by atoms with Crippen molar-refractivity contribution < 1.29 is 14.6 Å². The molecule has 0 aliphatic rings. The molecule has 1 N–H and O–H groups in total. The number of methoxy groups -OCH3 is 1. The zero-order valence-corrected chi connectivity index (χ0v) is 7.92. The van der Waals surface area contributed by atoms with Crippen LogP contribution < -0.4 is 0 Å². The molecule has 1 aromatic rings. The zero-order valence-electron chi connectivity index (χ0n) is 7.17. The van der Waals surface area contributed by atoms with Gasteiger partial charge >= 0.3 is 5.97 Å². The molecule has 1 rings (SSSR count). The summed E-state index contributed by atoms with van der Waals surface area (Å²) in [6.07, 6.45) is 0. The molecule has 4 nitrogen and oxygen atoms in total. The number of pyridine rings is 1. The van der Waals surface area contributed by atoms with Crippen LogP contribution in [0.3, 0.4) is 0 Å². The number of hydrogen-bond acceptors (Lipinski definition) is 4. The predicted octanol–water partition coefficient (Wildman–Crippen LogP) is 1.54. The first kappa shape index (κ1) is 9.80. The number of aryl methyl sites for hydroxylation is 1. The Labute approximate surface area is 80.1 Å². The number of ether oxygens (including phenoxy) is 1. The lowest BCUT2D eigenvalue weighted by atomic mass is 10.2. The van der Waals surface area contributed by atoms with Gasteiger partial charge in [-0.1, -0.05) is 11.6 Å². The van der Waals surface area contributed by atoms with Crippen LogP contribution in [-0.4, -0.2) is 23.2 Å². The minimum atomic E-state index is -0.544. The Morgan fingerprint density at radius 1 is 1.69 bits per heavy atom. The molecule has 0 amide bonds. The number of aromatic hydroxyl groups is 1. The van der Waals surface area contributed by atoms with E-state index in [1.165, 1.54) is 13.2 Å². The molecule has 0 aliphatic carbocycles. The highest BCUT2D eigenvalue weighted by atomic mass is 35.5. The standard InChI is InChI=1S/C8H8ClNO3/c1-4-5(8(12)13-2)3-6(11)7(9)10-4/h3,11H,1-2H3. The summed E-state index contributed by atoms with van der Waals surface area (Å²) in [4.78, 5) is 14.8. The van der Waals surface area contributed by atoms with Gasteiger partial charge in [-0.05, 0) is 13.0 Å². The van der Waals surface area contributed by atoms with E-state index in [2.05, 4.69) is 9.72 Å². The molecule has 0 atom stereocenters. The van der Waals surface area contributed by atoms with E-state index in [4.69, 9.17) is 16.7 Å². The van der Waals surface area contributed by atoms with Crippen LogP contribution in [0.25, 0.3) is 0 Å². The largest absolute Gasteiger partial charge is 0.505 e. The molecule has 0 saturated carbocycles. The molecule has 13 heavy (non-hydrogen) atoms. The third-order valence-corrected chi connectivity index (χ3v) is 1.83. The van der Waals surface area contributed by atoms with E-state index in [9.17, 15) is 4.79 Å². The lowest BCUT2D eigenvalue weighted by Crippen LogP contribution is -2.05. The normalized spacial score (nSPS) is 9.77. The van der Waals surface area contributed by atoms with Crippen molar-refractivity contribution in [1.29, 1.82) is 0 Å². The summed E-state index contributed by atoms with van der Waals surface area (Å²) in [6, 6.07) is 1.23. The number of halogens is 1. The van der Waals surface area contributed by atoms with Gasteiger partial charge in [-0.3, -0.25) is 0 Å². The van der Waals surface area contributed by atoms with E-state index >= 15 is 0 Å². The molecule has 0 aromatic carbocycles. The molecule has 0 bridgehead atoms. The monoisotopic (exact) mass is 201 g/mol. The number of aromatic nitrogens is 1. The minimum absolute atomic E-state index is 0.0230. The molecule has 0 aliphatic heterocycles. The number of esters is 1. The summed E-state index contributed by atoms with van der Waals surface area (Å²) >= 11 is 5.52. The van der Waals surface area contributed by atoms with E-state index < -0.39 is 5.97 Å². The Hall–Kier alpha value is -1.29. The highest BCUT2D eigenvalue weighted by molar-refractivity contribution is 6.30. The van der Waals surface area contributed by atoms with E-state index in [1.807, 2.05) is 0 Å². The number of carbonyl (C=O) groups is 1. The maximum Gasteiger partial charge on any atom is 0.339 e. The Balaban J connectivity index is 3.23. The molecule has 0 saturated heterocycles. The van der Waals surface area contributed by atoms with E-state index in [0.717, 1.165) is 0 Å². The predicted molar refractivity (Wildman–Crippen MR) is 47.0 cm³/mol. The lowest BCUT2D eigenvalue weighted by molar-refractivity contribution is 0.0599.